The minimum Gasteiger partial charge on any atom is -0.492 e. The van der Waals surface area contributed by atoms with Crippen LogP contribution < -0.4 is 10.6 Å². The lowest BCUT2D eigenvalue weighted by Gasteiger charge is -2.24. The van der Waals surface area contributed by atoms with Gasteiger partial charge in [-0.2, -0.15) is 9.97 Å². The molecule has 1 aromatic carbocycles. The van der Waals surface area contributed by atoms with E-state index in [4.69, 9.17) is 0 Å². The molecule has 0 bridgehead atoms. The Morgan fingerprint density at radius 2 is 1.85 bits per heavy atom. The summed E-state index contributed by atoms with van der Waals surface area (Å²) in [5.41, 5.74) is 1.81. The number of hydrogen-bond donors (Lipinski definition) is 3. The predicted octanol–water partition coefficient (Wildman–Crippen LogP) is 3.04. The quantitative estimate of drug-likeness (QED) is 0.507. The Morgan fingerprint density at radius 1 is 1.15 bits per heavy atom. The molecule has 146 valence electrons. The van der Waals surface area contributed by atoms with Gasteiger partial charge in [-0.15, -0.1) is 34.0 Å². The van der Waals surface area contributed by atoms with E-state index in [0.717, 1.165) is 31.5 Å². The van der Waals surface area contributed by atoms with Crippen LogP contribution in [-0.2, 0) is 6.54 Å². The molecule has 7 nitrogen and oxygen atoms in total. The number of rotatable bonds is 4. The molecule has 0 atom stereocenters. The molecule has 1 aliphatic heterocycles. The molecule has 10 heteroatoms. The van der Waals surface area contributed by atoms with Gasteiger partial charge in [-0.3, -0.25) is 4.57 Å². The Hall–Kier alpha value is -1.78. The van der Waals surface area contributed by atoms with E-state index in [2.05, 4.69) is 25.6 Å². The van der Waals surface area contributed by atoms with Crippen LogP contribution in [0.25, 0.3) is 11.2 Å². The minimum absolute atomic E-state index is 0. The third-order valence-corrected chi connectivity index (χ3v) is 4.45. The van der Waals surface area contributed by atoms with Crippen LogP contribution in [0.5, 0.6) is 5.88 Å². The Morgan fingerprint density at radius 3 is 2.56 bits per heavy atom. The summed E-state index contributed by atoms with van der Waals surface area (Å²) in [5, 5.41) is 17.0. The zero-order valence-corrected chi connectivity index (χ0v) is 17.9. The fraction of sp³-hybridized carbons (Fsp3) is 0.353. The summed E-state index contributed by atoms with van der Waals surface area (Å²) in [6, 6.07) is 6.59. The van der Waals surface area contributed by atoms with E-state index in [-0.39, 0.29) is 45.7 Å². The maximum Gasteiger partial charge on any atom is 0.241 e. The summed E-state index contributed by atoms with van der Waals surface area (Å²) in [6.45, 7) is 2.35. The first-order chi connectivity index (χ1) is 12.2. The first-order valence-corrected chi connectivity index (χ1v) is 8.32. The van der Waals surface area contributed by atoms with Gasteiger partial charge in [0.1, 0.15) is 12.1 Å². The third-order valence-electron chi connectivity index (χ3n) is 4.45. The molecule has 0 amide bonds. The maximum absolute atomic E-state index is 13.2. The van der Waals surface area contributed by atoms with E-state index in [1.165, 1.54) is 18.5 Å². The van der Waals surface area contributed by atoms with Gasteiger partial charge < -0.3 is 15.7 Å². The number of nitrogens with zero attached hydrogens (tertiary/aromatic N) is 4. The second kappa shape index (κ2) is 9.43. The van der Waals surface area contributed by atoms with E-state index < -0.39 is 0 Å². The normalized spacial score (nSPS) is 14.4. The Bertz CT molecular complexity index is 883. The number of halogens is 3. The van der Waals surface area contributed by atoms with Crippen molar-refractivity contribution in [3.8, 4) is 5.88 Å². The lowest BCUT2D eigenvalue weighted by atomic mass is 10.1. The van der Waals surface area contributed by atoms with Crippen LogP contribution in [0.3, 0.4) is 0 Å². The van der Waals surface area contributed by atoms with Gasteiger partial charge in [-0.05, 0) is 43.6 Å². The van der Waals surface area contributed by atoms with Crippen molar-refractivity contribution in [2.24, 2.45) is 0 Å². The van der Waals surface area contributed by atoms with E-state index in [1.807, 2.05) is 4.57 Å². The van der Waals surface area contributed by atoms with Crippen LogP contribution in [-0.4, -0.2) is 43.8 Å². The SMILES string of the molecule is Br.Br.Oc1ncnc2nc(NC3CCNCC3)n(Cc3ccc(F)cc3)c12. The number of fused-ring (bicyclic) bond motifs is 1. The molecule has 3 N–H and O–H groups in total. The molecule has 27 heavy (non-hydrogen) atoms. The van der Waals surface area contributed by atoms with Crippen LogP contribution in [0.2, 0.25) is 0 Å². The van der Waals surface area contributed by atoms with Gasteiger partial charge in [0.05, 0.1) is 6.54 Å². The molecule has 4 rings (SSSR count). The Kier molecular flexibility index (Phi) is 7.51. The fourth-order valence-corrected chi connectivity index (χ4v) is 3.14. The Labute approximate surface area is 177 Å². The molecule has 0 aliphatic carbocycles. The summed E-state index contributed by atoms with van der Waals surface area (Å²) in [4.78, 5) is 12.6. The highest BCUT2D eigenvalue weighted by Crippen LogP contribution is 2.26. The smallest absolute Gasteiger partial charge is 0.241 e. The van der Waals surface area contributed by atoms with Crippen molar-refractivity contribution in [2.75, 3.05) is 18.4 Å². The highest BCUT2D eigenvalue weighted by molar-refractivity contribution is 8.93. The molecule has 3 aromatic rings. The molecule has 1 aliphatic rings. The van der Waals surface area contributed by atoms with Crippen molar-refractivity contribution in [2.45, 2.75) is 25.4 Å². The summed E-state index contributed by atoms with van der Waals surface area (Å²) >= 11 is 0. The monoisotopic (exact) mass is 502 g/mol. The van der Waals surface area contributed by atoms with Crippen LogP contribution in [0.1, 0.15) is 18.4 Å². The topological polar surface area (TPSA) is 87.9 Å². The minimum atomic E-state index is -0.279. The van der Waals surface area contributed by atoms with Gasteiger partial charge in [0.2, 0.25) is 11.8 Å². The predicted molar refractivity (Wildman–Crippen MR) is 113 cm³/mol. The highest BCUT2D eigenvalue weighted by Gasteiger charge is 2.20. The zero-order valence-electron chi connectivity index (χ0n) is 14.4. The molecule has 2 aromatic heterocycles. The summed E-state index contributed by atoms with van der Waals surface area (Å²) in [5.74, 6) is 0.249. The average molecular weight is 504 g/mol. The molecule has 0 spiro atoms. The number of nitrogens with one attached hydrogen (secondary N) is 2. The van der Waals surface area contributed by atoms with Crippen molar-refractivity contribution in [3.63, 3.8) is 0 Å². The first kappa shape index (κ1) is 21.5. The highest BCUT2D eigenvalue weighted by atomic mass is 79.9. The van der Waals surface area contributed by atoms with Crippen molar-refractivity contribution >= 4 is 51.1 Å². The van der Waals surface area contributed by atoms with Crippen LogP contribution in [0.4, 0.5) is 10.3 Å². The summed E-state index contributed by atoms with van der Waals surface area (Å²) < 4.78 is 15.0. The summed E-state index contributed by atoms with van der Waals surface area (Å²) in [6.07, 6.45) is 3.29. The molecule has 0 radical (unpaired) electrons. The molecule has 0 unspecified atom stereocenters. The standard InChI is InChI=1S/C17H19FN6O.2BrH/c18-12-3-1-11(2-4-12)9-24-14-15(20-10-21-16(14)25)23-17(24)22-13-5-7-19-8-6-13;;/h1-4,10,13,19H,5-9H2,(H2,20,21,22,23,25);2*1H. The van der Waals surface area contributed by atoms with Crippen LogP contribution >= 0.6 is 34.0 Å². The van der Waals surface area contributed by atoms with Gasteiger partial charge in [0.15, 0.2) is 11.2 Å². The molecular weight excluding hydrogens is 483 g/mol. The van der Waals surface area contributed by atoms with Gasteiger partial charge in [-0.25, -0.2) is 9.37 Å². The van der Waals surface area contributed by atoms with E-state index >= 15 is 0 Å². The number of piperidine rings is 1. The largest absolute Gasteiger partial charge is 0.492 e. The molecule has 1 fully saturated rings. The number of anilines is 1. The molecular formula is C17H21Br2FN6O. The van der Waals surface area contributed by atoms with Crippen molar-refractivity contribution < 1.29 is 9.50 Å². The second-order valence-electron chi connectivity index (χ2n) is 6.19. The molecule has 0 saturated carbocycles. The van der Waals surface area contributed by atoms with E-state index in [1.54, 1.807) is 12.1 Å². The average Bonchev–Trinajstić information content (AvgIpc) is 2.96. The van der Waals surface area contributed by atoms with Gasteiger partial charge >= 0.3 is 0 Å². The Balaban J connectivity index is 0.00000131. The third kappa shape index (κ3) is 4.74. The van der Waals surface area contributed by atoms with Crippen molar-refractivity contribution in [1.29, 1.82) is 0 Å². The van der Waals surface area contributed by atoms with Gasteiger partial charge in [0.25, 0.3) is 0 Å². The number of aromatic hydroxyl groups is 1. The maximum atomic E-state index is 13.2. The molecule has 3 heterocycles. The van der Waals surface area contributed by atoms with Crippen molar-refractivity contribution in [1.82, 2.24) is 24.8 Å². The lowest BCUT2D eigenvalue weighted by molar-refractivity contribution is 0.455. The number of imidazole rings is 1. The van der Waals surface area contributed by atoms with Gasteiger partial charge in [-0.1, -0.05) is 12.1 Å². The second-order valence-corrected chi connectivity index (χ2v) is 6.19. The van der Waals surface area contributed by atoms with Crippen LogP contribution in [0, 0.1) is 5.82 Å². The summed E-state index contributed by atoms with van der Waals surface area (Å²) in [7, 11) is 0. The van der Waals surface area contributed by atoms with E-state index in [9.17, 15) is 9.50 Å². The van der Waals surface area contributed by atoms with Crippen molar-refractivity contribution in [3.05, 3.63) is 42.0 Å². The lowest BCUT2D eigenvalue weighted by Crippen LogP contribution is -2.36. The molecule has 1 saturated heterocycles. The number of hydrogen-bond acceptors (Lipinski definition) is 6. The fourth-order valence-electron chi connectivity index (χ4n) is 3.14. The zero-order chi connectivity index (χ0) is 17.2. The number of benzene rings is 1. The first-order valence-electron chi connectivity index (χ1n) is 8.32. The number of aromatic nitrogens is 4. The van der Waals surface area contributed by atoms with E-state index in [0.29, 0.717) is 29.7 Å². The van der Waals surface area contributed by atoms with Gasteiger partial charge in [0, 0.05) is 6.04 Å². The van der Waals surface area contributed by atoms with Crippen LogP contribution in [0.15, 0.2) is 30.6 Å².